The zero-order valence-electron chi connectivity index (χ0n) is 14.4. The van der Waals surface area contributed by atoms with E-state index < -0.39 is 0 Å². The Kier molecular flexibility index (Phi) is 5.20. The molecule has 0 bridgehead atoms. The van der Waals surface area contributed by atoms with Gasteiger partial charge < -0.3 is 14.7 Å². The Morgan fingerprint density at radius 1 is 1.58 bits per heavy atom. The van der Waals surface area contributed by atoms with Gasteiger partial charge in [-0.1, -0.05) is 5.16 Å². The summed E-state index contributed by atoms with van der Waals surface area (Å²) in [6, 6.07) is 4.28. The normalized spacial score (nSPS) is 15.8. The molecule has 6 nitrogen and oxygen atoms in total. The number of urea groups is 1. The molecule has 0 unspecified atom stereocenters. The number of amides is 2. The van der Waals surface area contributed by atoms with E-state index in [4.69, 9.17) is 4.52 Å². The summed E-state index contributed by atoms with van der Waals surface area (Å²) in [4.78, 5) is 17.8. The summed E-state index contributed by atoms with van der Waals surface area (Å²) in [6.45, 7) is 7.12. The highest BCUT2D eigenvalue weighted by Crippen LogP contribution is 2.24. The van der Waals surface area contributed by atoms with Gasteiger partial charge in [-0.25, -0.2) is 4.79 Å². The topological polar surface area (TPSA) is 61.6 Å². The molecule has 2 aromatic heterocycles. The fourth-order valence-corrected chi connectivity index (χ4v) is 3.84. The molecule has 0 saturated heterocycles. The number of thiophene rings is 1. The number of hydrogen-bond donors (Lipinski definition) is 1. The first-order valence-corrected chi connectivity index (χ1v) is 9.11. The van der Waals surface area contributed by atoms with Gasteiger partial charge in [-0.2, -0.15) is 0 Å². The van der Waals surface area contributed by atoms with Gasteiger partial charge in [-0.05, 0) is 37.3 Å². The lowest BCUT2D eigenvalue weighted by molar-refractivity contribution is 0.176. The predicted octanol–water partition coefficient (Wildman–Crippen LogP) is 2.63. The molecule has 0 saturated carbocycles. The molecule has 7 heteroatoms. The standard InChI is InChI=1S/C17H24N4O2S/c1-12(21-6-4-16-14(10-21)5-7-24-16)9-18-17(22)20(3)11-15-8-13(2)23-19-15/h5,7-8,12H,4,6,9-11H2,1-3H3,(H,18,22)/t12-/m1/s1. The summed E-state index contributed by atoms with van der Waals surface area (Å²) in [5.74, 6) is 0.755. The van der Waals surface area contributed by atoms with Crippen molar-refractivity contribution in [2.75, 3.05) is 20.1 Å². The van der Waals surface area contributed by atoms with Gasteiger partial charge in [0.2, 0.25) is 0 Å². The summed E-state index contributed by atoms with van der Waals surface area (Å²) in [5, 5.41) is 9.10. The van der Waals surface area contributed by atoms with Crippen molar-refractivity contribution in [1.29, 1.82) is 0 Å². The highest BCUT2D eigenvalue weighted by atomic mass is 32.1. The Bertz CT molecular complexity index is 696. The third-order valence-corrected chi connectivity index (χ3v) is 5.45. The Morgan fingerprint density at radius 2 is 2.42 bits per heavy atom. The average molecular weight is 348 g/mol. The van der Waals surface area contributed by atoms with Crippen molar-refractivity contribution in [2.45, 2.75) is 39.4 Å². The van der Waals surface area contributed by atoms with Gasteiger partial charge in [0.25, 0.3) is 0 Å². The average Bonchev–Trinajstić information content (AvgIpc) is 3.20. The maximum absolute atomic E-state index is 12.2. The zero-order valence-corrected chi connectivity index (χ0v) is 15.2. The maximum Gasteiger partial charge on any atom is 0.317 e. The molecule has 1 atom stereocenters. The number of aromatic nitrogens is 1. The van der Waals surface area contributed by atoms with Crippen LogP contribution >= 0.6 is 11.3 Å². The van der Waals surface area contributed by atoms with E-state index in [-0.39, 0.29) is 6.03 Å². The van der Waals surface area contributed by atoms with Crippen LogP contribution in [0.15, 0.2) is 22.0 Å². The van der Waals surface area contributed by atoms with Gasteiger partial charge in [0.05, 0.1) is 6.54 Å². The lowest BCUT2D eigenvalue weighted by Crippen LogP contribution is -2.46. The van der Waals surface area contributed by atoms with E-state index >= 15 is 0 Å². The van der Waals surface area contributed by atoms with Crippen LogP contribution < -0.4 is 5.32 Å². The number of nitrogens with zero attached hydrogens (tertiary/aromatic N) is 3. The Hall–Kier alpha value is -1.86. The van der Waals surface area contributed by atoms with Crippen LogP contribution in [0, 0.1) is 6.92 Å². The molecule has 2 aromatic rings. The van der Waals surface area contributed by atoms with Crippen molar-refractivity contribution in [3.05, 3.63) is 39.4 Å². The summed E-state index contributed by atoms with van der Waals surface area (Å²) < 4.78 is 5.03. The molecule has 1 N–H and O–H groups in total. The fourth-order valence-electron chi connectivity index (χ4n) is 2.95. The fraction of sp³-hybridized carbons (Fsp3) is 0.529. The third-order valence-electron chi connectivity index (χ3n) is 4.43. The predicted molar refractivity (Wildman–Crippen MR) is 94.0 cm³/mol. The van der Waals surface area contributed by atoms with Crippen LogP contribution in [0.2, 0.25) is 0 Å². The van der Waals surface area contributed by atoms with E-state index in [9.17, 15) is 4.79 Å². The zero-order chi connectivity index (χ0) is 17.1. The maximum atomic E-state index is 12.2. The van der Waals surface area contributed by atoms with E-state index in [0.29, 0.717) is 19.1 Å². The minimum absolute atomic E-state index is 0.0873. The smallest absolute Gasteiger partial charge is 0.317 e. The summed E-state index contributed by atoms with van der Waals surface area (Å²) >= 11 is 1.85. The van der Waals surface area contributed by atoms with E-state index in [1.165, 1.54) is 10.4 Å². The van der Waals surface area contributed by atoms with Crippen LogP contribution in [0.4, 0.5) is 4.79 Å². The molecule has 130 valence electrons. The first kappa shape index (κ1) is 17.0. The first-order chi connectivity index (χ1) is 11.5. The number of hydrogen-bond acceptors (Lipinski definition) is 5. The first-order valence-electron chi connectivity index (χ1n) is 8.23. The molecular weight excluding hydrogens is 324 g/mol. The van der Waals surface area contributed by atoms with Crippen LogP contribution in [-0.4, -0.2) is 47.2 Å². The number of rotatable bonds is 5. The second-order valence-electron chi connectivity index (χ2n) is 6.41. The number of carbonyl (C=O) groups is 1. The molecule has 3 heterocycles. The van der Waals surface area contributed by atoms with Crippen LogP contribution in [0.1, 0.15) is 28.8 Å². The molecule has 1 aliphatic heterocycles. The molecule has 0 aromatic carbocycles. The van der Waals surface area contributed by atoms with Gasteiger partial charge in [-0.3, -0.25) is 4.90 Å². The summed E-state index contributed by atoms with van der Waals surface area (Å²) in [6.07, 6.45) is 1.11. The SMILES string of the molecule is Cc1cc(CN(C)C(=O)NC[C@@H](C)N2CCc3sccc3C2)no1. The van der Waals surface area contributed by atoms with Gasteiger partial charge >= 0.3 is 6.03 Å². The highest BCUT2D eigenvalue weighted by molar-refractivity contribution is 7.10. The largest absolute Gasteiger partial charge is 0.361 e. The minimum atomic E-state index is -0.0873. The molecule has 0 radical (unpaired) electrons. The van der Waals surface area contributed by atoms with Crippen molar-refractivity contribution in [3.8, 4) is 0 Å². The van der Waals surface area contributed by atoms with Crippen molar-refractivity contribution >= 4 is 17.4 Å². The summed E-state index contributed by atoms with van der Waals surface area (Å²) in [7, 11) is 1.77. The van der Waals surface area contributed by atoms with Crippen molar-refractivity contribution in [2.24, 2.45) is 0 Å². The quantitative estimate of drug-likeness (QED) is 0.902. The van der Waals surface area contributed by atoms with Gasteiger partial charge in [0.1, 0.15) is 11.5 Å². The number of carbonyl (C=O) groups excluding carboxylic acids is 1. The molecule has 3 rings (SSSR count). The van der Waals surface area contributed by atoms with Crippen molar-refractivity contribution in [1.82, 2.24) is 20.3 Å². The summed E-state index contributed by atoms with van der Waals surface area (Å²) in [5.41, 5.74) is 2.20. The van der Waals surface area contributed by atoms with E-state index in [0.717, 1.165) is 31.0 Å². The Balaban J connectivity index is 1.45. The lowest BCUT2D eigenvalue weighted by Gasteiger charge is -2.32. The van der Waals surface area contributed by atoms with Crippen LogP contribution in [0.3, 0.4) is 0 Å². The number of nitrogens with one attached hydrogen (secondary N) is 1. The van der Waals surface area contributed by atoms with E-state index in [1.807, 2.05) is 24.3 Å². The molecule has 0 aliphatic carbocycles. The third kappa shape index (κ3) is 3.96. The molecule has 1 aliphatic rings. The Morgan fingerprint density at radius 3 is 3.17 bits per heavy atom. The highest BCUT2D eigenvalue weighted by Gasteiger charge is 2.22. The molecule has 24 heavy (non-hydrogen) atoms. The van der Waals surface area contributed by atoms with Gasteiger partial charge in [0, 0.05) is 43.7 Å². The monoisotopic (exact) mass is 348 g/mol. The number of fused-ring (bicyclic) bond motifs is 1. The van der Waals surface area contributed by atoms with Crippen molar-refractivity contribution < 1.29 is 9.32 Å². The molecule has 2 amide bonds. The molecule has 0 fully saturated rings. The minimum Gasteiger partial charge on any atom is -0.361 e. The van der Waals surface area contributed by atoms with Crippen molar-refractivity contribution in [3.63, 3.8) is 0 Å². The van der Waals surface area contributed by atoms with E-state index in [1.54, 1.807) is 11.9 Å². The van der Waals surface area contributed by atoms with Crippen LogP contribution in [0.25, 0.3) is 0 Å². The second kappa shape index (κ2) is 7.36. The van der Waals surface area contributed by atoms with Gasteiger partial charge in [0.15, 0.2) is 0 Å². The van der Waals surface area contributed by atoms with Gasteiger partial charge in [-0.15, -0.1) is 11.3 Å². The van der Waals surface area contributed by atoms with E-state index in [2.05, 4.69) is 33.7 Å². The molecular formula is C17H24N4O2S. The Labute approximate surface area is 146 Å². The second-order valence-corrected chi connectivity index (χ2v) is 7.41. The molecule has 0 spiro atoms. The lowest BCUT2D eigenvalue weighted by atomic mass is 10.1. The number of aryl methyl sites for hydroxylation is 1. The van der Waals surface area contributed by atoms with Crippen LogP contribution in [0.5, 0.6) is 0 Å². The van der Waals surface area contributed by atoms with Crippen LogP contribution in [-0.2, 0) is 19.5 Å².